The van der Waals surface area contributed by atoms with Gasteiger partial charge in [-0.3, -0.25) is 19.7 Å². The first-order valence-corrected chi connectivity index (χ1v) is 34.1. The number of allylic oxidation sites excluding steroid dienone is 2. The van der Waals surface area contributed by atoms with E-state index in [0.717, 1.165) is 7.11 Å². The molecule has 4 heterocycles. The standard InChI is InChI=1S/C59H82N4O22S4/c1-28(2)60-36-27-77-43(25-39(36)73-8)83-52-50(66)47(63-85-45-24-37(64)53(86-12)31(5)79-45)29(3)80-57(52)82-38-18-16-14-15-17-20-59(71)34(19-21-88-89-87-13)46(38)48(62-58(70)76-11)51(67)54(59)84-44-26-42(49(65)30(4)78-44)81-56(69)33-22-40(74-9)41(75-10)23-35(33)61-55(68)32(6)72-7/h14-15,22-23,28-31,34,36-39,42-45,47,49-50,52-54,57,60,63-66,71H,6,19,21,24-27H2,1-5,7-13H3,(H,61,68)(H,62,70)/b15-14-/t29-,30+,31-,34?,36+,37+,38+,39+,42+,43+,44+,45+,47-,49-,50+,52-,53-,54-,57+,59-/m1/s1. The molecular formula is C59H82N4O22S4. The Labute approximate surface area is 534 Å². The zero-order chi connectivity index (χ0) is 64.9. The average Bonchev–Trinajstić information content (AvgIpc) is 0.971. The van der Waals surface area contributed by atoms with Crippen LogP contribution in [0.4, 0.5) is 10.5 Å². The zero-order valence-corrected chi connectivity index (χ0v) is 54.8. The minimum absolute atomic E-state index is 0.0221. The van der Waals surface area contributed by atoms with Crippen molar-refractivity contribution in [3.8, 4) is 35.2 Å². The van der Waals surface area contributed by atoms with E-state index in [4.69, 9.17) is 66.4 Å². The summed E-state index contributed by atoms with van der Waals surface area (Å²) < 4.78 is 78.1. The molecule has 26 nitrogen and oxygen atoms in total. The van der Waals surface area contributed by atoms with Gasteiger partial charge < -0.3 is 92.6 Å². The first kappa shape index (κ1) is 72.1. The molecule has 4 saturated heterocycles. The van der Waals surface area contributed by atoms with E-state index < -0.39 is 140 Å². The van der Waals surface area contributed by atoms with Gasteiger partial charge in [-0.05, 0) is 61.7 Å². The molecule has 0 aromatic heterocycles. The Morgan fingerprint density at radius 2 is 1.55 bits per heavy atom. The van der Waals surface area contributed by atoms with Gasteiger partial charge >= 0.3 is 12.1 Å². The molecule has 2 bridgehead atoms. The number of anilines is 1. The lowest BCUT2D eigenvalue weighted by atomic mass is 9.68. The number of rotatable bonds is 26. The van der Waals surface area contributed by atoms with Gasteiger partial charge in [0.1, 0.15) is 30.5 Å². The Kier molecular flexibility index (Phi) is 27.1. The van der Waals surface area contributed by atoms with E-state index in [2.05, 4.69) is 51.7 Å². The van der Waals surface area contributed by atoms with Crippen molar-refractivity contribution >= 4 is 72.6 Å². The Balaban J connectivity index is 1.26. The molecule has 1 unspecified atom stereocenters. The zero-order valence-electron chi connectivity index (χ0n) is 51.6. The Morgan fingerprint density at radius 1 is 0.843 bits per heavy atom. The number of alkyl carbamates (subject to hydrolysis) is 1. The number of aliphatic hydroxyl groups excluding tert-OH is 3. The lowest BCUT2D eigenvalue weighted by Crippen LogP contribution is -2.65. The molecule has 0 saturated carbocycles. The minimum Gasteiger partial charge on any atom is -0.493 e. The fourth-order valence-corrected chi connectivity index (χ4v) is 14.8. The summed E-state index contributed by atoms with van der Waals surface area (Å²) in [5.41, 5.74) is -0.456. The molecule has 2 aliphatic carbocycles. The topological polar surface area (TPSA) is 327 Å². The molecule has 6 aliphatic rings. The van der Waals surface area contributed by atoms with Crippen LogP contribution in [0, 0.1) is 29.6 Å². The molecule has 20 atom stereocenters. The number of carbonyl (C=O) groups excluding carboxylic acids is 4. The van der Waals surface area contributed by atoms with Gasteiger partial charge in [-0.1, -0.05) is 65.7 Å². The predicted molar refractivity (Wildman–Crippen MR) is 330 cm³/mol. The van der Waals surface area contributed by atoms with E-state index in [1.54, 1.807) is 14.0 Å². The van der Waals surface area contributed by atoms with E-state index in [1.165, 1.54) is 95.7 Å². The van der Waals surface area contributed by atoms with Crippen LogP contribution in [0.5, 0.6) is 11.5 Å². The largest absolute Gasteiger partial charge is 0.493 e. The van der Waals surface area contributed by atoms with Crippen LogP contribution >= 0.6 is 43.2 Å². The average molecular weight is 1330 g/mol. The van der Waals surface area contributed by atoms with Crippen LogP contribution in [-0.2, 0) is 66.5 Å². The normalized spacial score (nSPS) is 34.8. The van der Waals surface area contributed by atoms with Crippen molar-refractivity contribution < 1.29 is 106 Å². The summed E-state index contributed by atoms with van der Waals surface area (Å²) in [7, 11) is 10.9. The Hall–Kier alpha value is -4.36. The third-order valence-corrected chi connectivity index (χ3v) is 20.8. The first-order valence-electron chi connectivity index (χ1n) is 28.7. The minimum atomic E-state index is -2.52. The molecular weight excluding hydrogens is 1240 g/mol. The van der Waals surface area contributed by atoms with Crippen molar-refractivity contribution in [1.82, 2.24) is 16.1 Å². The van der Waals surface area contributed by atoms with Crippen LogP contribution in [0.3, 0.4) is 0 Å². The summed E-state index contributed by atoms with van der Waals surface area (Å²) in [5.74, 6) is 7.71. The number of amides is 2. The maximum atomic E-state index is 15.6. The third kappa shape index (κ3) is 17.7. The summed E-state index contributed by atoms with van der Waals surface area (Å²) in [6, 6.07) is 1.42. The molecule has 494 valence electrons. The number of Topliss-reactive ketones (excluding diaryl/α,β-unsaturated/α-hetero) is 1. The predicted octanol–water partition coefficient (Wildman–Crippen LogP) is 3.50. The van der Waals surface area contributed by atoms with Crippen LogP contribution in [0.15, 0.2) is 47.9 Å². The number of hydroxylamine groups is 1. The van der Waals surface area contributed by atoms with Gasteiger partial charge in [0.05, 0.1) is 99.8 Å². The number of esters is 1. The van der Waals surface area contributed by atoms with Gasteiger partial charge in [0.25, 0.3) is 5.91 Å². The number of ether oxygens (including phenoxy) is 13. The van der Waals surface area contributed by atoms with Gasteiger partial charge in [0, 0.05) is 61.8 Å². The molecule has 0 radical (unpaired) electrons. The lowest BCUT2D eigenvalue weighted by molar-refractivity contribution is -0.337. The lowest BCUT2D eigenvalue weighted by Gasteiger charge is -2.48. The van der Waals surface area contributed by atoms with Gasteiger partial charge in [0.15, 0.2) is 54.1 Å². The van der Waals surface area contributed by atoms with Crippen molar-refractivity contribution in [2.75, 3.05) is 65.7 Å². The number of thioether (sulfide) groups is 1. The molecule has 4 fully saturated rings. The summed E-state index contributed by atoms with van der Waals surface area (Å²) in [5, 5.41) is 57.0. The van der Waals surface area contributed by atoms with Crippen LogP contribution in [-0.4, -0.2) is 226 Å². The third-order valence-electron chi connectivity index (χ3n) is 15.6. The van der Waals surface area contributed by atoms with E-state index in [-0.39, 0.29) is 83.4 Å². The summed E-state index contributed by atoms with van der Waals surface area (Å²) in [4.78, 5) is 62.5. The number of nitrogens with one attached hydrogen (secondary N) is 4. The maximum Gasteiger partial charge on any atom is 0.411 e. The highest BCUT2D eigenvalue weighted by molar-refractivity contribution is 9.09. The molecule has 30 heteroatoms. The molecule has 0 spiro atoms. The van der Waals surface area contributed by atoms with Gasteiger partial charge in [-0.25, -0.2) is 9.59 Å². The monoisotopic (exact) mass is 1330 g/mol. The number of methoxy groups -OCH3 is 5. The fraction of sp³-hybridized carbons (Fsp3) is 0.661. The van der Waals surface area contributed by atoms with Crippen molar-refractivity contribution in [3.05, 3.63) is 53.5 Å². The molecule has 2 amide bonds. The first-order chi connectivity index (χ1) is 42.5. The van der Waals surface area contributed by atoms with E-state index in [1.807, 2.05) is 33.3 Å². The van der Waals surface area contributed by atoms with Crippen LogP contribution < -0.4 is 30.9 Å². The molecule has 1 aromatic carbocycles. The summed E-state index contributed by atoms with van der Waals surface area (Å²) >= 11 is 1.48. The fourth-order valence-electron chi connectivity index (χ4n) is 11.2. The highest BCUT2D eigenvalue weighted by Crippen LogP contribution is 2.46. The quantitative estimate of drug-likeness (QED) is 0.0125. The number of hydrogen-bond donors (Lipinski definition) is 8. The van der Waals surface area contributed by atoms with Crippen molar-refractivity contribution in [3.63, 3.8) is 0 Å². The van der Waals surface area contributed by atoms with Crippen LogP contribution in [0.25, 0.3) is 0 Å². The van der Waals surface area contributed by atoms with Crippen molar-refractivity contribution in [2.45, 2.75) is 182 Å². The SMILES string of the molecule is C=C(OC)C(=O)Nc1cc(OC)c(OC)cc1C(=O)O[C@H]1C[C@H](O[C@@H]2C(=O)C(NC(=O)OC)=C3C(CCSSSC)[C@]2(O)C#C/C=C\C#C[C@@H]3O[C@@H]2O[C@H](C)[C@@H](NO[C@H]3C[C@H](O)[C@H](SC)[C@@H](C)O3)[C@H](O)[C@H]2O[C@H]2C[C@H](OC)[C@@H](NC(C)C)CO2)O[C@@H](C)[C@H]1O. The Morgan fingerprint density at radius 3 is 2.21 bits per heavy atom. The van der Waals surface area contributed by atoms with Gasteiger partial charge in [-0.15, -0.1) is 0 Å². The number of fused-ring (bicyclic) bond motifs is 2. The van der Waals surface area contributed by atoms with E-state index in [0.29, 0.717) is 5.75 Å². The van der Waals surface area contributed by atoms with E-state index in [9.17, 15) is 34.8 Å². The number of benzene rings is 1. The number of ketones is 1. The molecule has 89 heavy (non-hydrogen) atoms. The van der Waals surface area contributed by atoms with Crippen molar-refractivity contribution in [1.29, 1.82) is 0 Å². The highest BCUT2D eigenvalue weighted by Gasteiger charge is 2.59. The number of carbonyl (C=O) groups is 4. The second-order valence-electron chi connectivity index (χ2n) is 21.8. The number of aliphatic hydroxyl groups is 4. The van der Waals surface area contributed by atoms with Gasteiger partial charge in [-0.2, -0.15) is 17.2 Å². The van der Waals surface area contributed by atoms with Gasteiger partial charge in [0.2, 0.25) is 5.78 Å². The van der Waals surface area contributed by atoms with E-state index >= 15 is 4.79 Å². The molecule has 1 aromatic rings. The second-order valence-corrected chi connectivity index (χ2v) is 27.2. The van der Waals surface area contributed by atoms with Crippen molar-refractivity contribution in [2.24, 2.45) is 5.92 Å². The molecule has 7 rings (SSSR count). The maximum absolute atomic E-state index is 15.6. The molecule has 4 aliphatic heterocycles. The molecule has 8 N–H and O–H groups in total. The van der Waals surface area contributed by atoms with Crippen LogP contribution in [0.2, 0.25) is 0 Å². The summed E-state index contributed by atoms with van der Waals surface area (Å²) in [6.45, 7) is 12.7. The smallest absolute Gasteiger partial charge is 0.411 e. The second kappa shape index (κ2) is 33.5. The summed E-state index contributed by atoms with van der Waals surface area (Å²) in [6.07, 6.45) is -12.8. The van der Waals surface area contributed by atoms with Crippen LogP contribution in [0.1, 0.15) is 70.7 Å². The number of hydrogen-bond acceptors (Lipinski definition) is 28. The highest BCUT2D eigenvalue weighted by atomic mass is 33.5. The Bertz CT molecular complexity index is 2820.